The number of methoxy groups -OCH3 is 1. The Hall–Kier alpha value is -1.33. The van der Waals surface area contributed by atoms with Gasteiger partial charge in [0, 0.05) is 20.1 Å². The molecule has 5 nitrogen and oxygen atoms in total. The standard InChI is InChI=1S/C12H19NO4/c1-3-10-4-5-11(17-10)12(15)13-7-6-9(14)8-16-2/h4-5,9,14H,3,6-8H2,1-2H3,(H,13,15). The summed E-state index contributed by atoms with van der Waals surface area (Å²) < 4.78 is 10.1. The smallest absolute Gasteiger partial charge is 0.286 e. The normalized spacial score (nSPS) is 12.4. The summed E-state index contributed by atoms with van der Waals surface area (Å²) >= 11 is 0. The van der Waals surface area contributed by atoms with Gasteiger partial charge in [0.2, 0.25) is 0 Å². The molecule has 0 aliphatic carbocycles. The minimum Gasteiger partial charge on any atom is -0.456 e. The van der Waals surface area contributed by atoms with Crippen molar-refractivity contribution in [2.24, 2.45) is 0 Å². The van der Waals surface area contributed by atoms with E-state index in [0.29, 0.717) is 18.7 Å². The second kappa shape index (κ2) is 7.09. The number of aliphatic hydroxyl groups excluding tert-OH is 1. The number of hydrogen-bond donors (Lipinski definition) is 2. The van der Waals surface area contributed by atoms with Crippen LogP contribution in [0, 0.1) is 0 Å². The molecule has 96 valence electrons. The fraction of sp³-hybridized carbons (Fsp3) is 0.583. The molecule has 1 heterocycles. The van der Waals surface area contributed by atoms with Crippen molar-refractivity contribution in [2.45, 2.75) is 25.9 Å². The van der Waals surface area contributed by atoms with Gasteiger partial charge in [-0.3, -0.25) is 4.79 Å². The Morgan fingerprint density at radius 3 is 2.94 bits per heavy atom. The van der Waals surface area contributed by atoms with Crippen molar-refractivity contribution in [3.8, 4) is 0 Å². The number of nitrogens with one attached hydrogen (secondary N) is 1. The van der Waals surface area contributed by atoms with Crippen LogP contribution in [0.4, 0.5) is 0 Å². The number of carbonyl (C=O) groups excluding carboxylic acids is 1. The van der Waals surface area contributed by atoms with Crippen molar-refractivity contribution in [1.29, 1.82) is 0 Å². The van der Waals surface area contributed by atoms with Crippen LogP contribution in [0.25, 0.3) is 0 Å². The Kier molecular flexibility index (Phi) is 5.72. The van der Waals surface area contributed by atoms with Crippen LogP contribution in [0.5, 0.6) is 0 Å². The maximum Gasteiger partial charge on any atom is 0.286 e. The molecule has 1 aromatic heterocycles. The van der Waals surface area contributed by atoms with E-state index < -0.39 is 6.10 Å². The van der Waals surface area contributed by atoms with Gasteiger partial charge < -0.3 is 19.6 Å². The molecule has 0 saturated heterocycles. The minimum atomic E-state index is -0.553. The molecule has 0 radical (unpaired) electrons. The molecule has 5 heteroatoms. The molecule has 0 aromatic carbocycles. The van der Waals surface area contributed by atoms with Gasteiger partial charge in [0.05, 0.1) is 12.7 Å². The fourth-order valence-corrected chi connectivity index (χ4v) is 1.41. The summed E-state index contributed by atoms with van der Waals surface area (Å²) in [6.45, 7) is 2.63. The van der Waals surface area contributed by atoms with E-state index in [2.05, 4.69) is 5.32 Å². The average Bonchev–Trinajstić information content (AvgIpc) is 2.77. The molecule has 0 spiro atoms. The van der Waals surface area contributed by atoms with Gasteiger partial charge in [-0.25, -0.2) is 0 Å². The molecule has 0 saturated carbocycles. The zero-order valence-electron chi connectivity index (χ0n) is 10.2. The summed E-state index contributed by atoms with van der Waals surface area (Å²) in [6.07, 6.45) is 0.670. The summed E-state index contributed by atoms with van der Waals surface area (Å²) in [5, 5.41) is 12.1. The number of ether oxygens (including phenoxy) is 1. The van der Waals surface area contributed by atoms with Crippen LogP contribution in [0.1, 0.15) is 29.7 Å². The van der Waals surface area contributed by atoms with E-state index in [1.54, 1.807) is 12.1 Å². The summed E-state index contributed by atoms with van der Waals surface area (Å²) in [4.78, 5) is 11.6. The highest BCUT2D eigenvalue weighted by atomic mass is 16.5. The summed E-state index contributed by atoms with van der Waals surface area (Å²) in [7, 11) is 1.52. The quantitative estimate of drug-likeness (QED) is 0.746. The highest BCUT2D eigenvalue weighted by molar-refractivity contribution is 5.91. The highest BCUT2D eigenvalue weighted by Crippen LogP contribution is 2.08. The monoisotopic (exact) mass is 241 g/mol. The van der Waals surface area contributed by atoms with Crippen LogP contribution in [-0.2, 0) is 11.2 Å². The Morgan fingerprint density at radius 2 is 2.35 bits per heavy atom. The van der Waals surface area contributed by atoms with E-state index >= 15 is 0 Å². The van der Waals surface area contributed by atoms with E-state index in [-0.39, 0.29) is 12.5 Å². The molecular formula is C12H19NO4. The number of aliphatic hydroxyl groups is 1. The predicted octanol–water partition coefficient (Wildman–Crippen LogP) is 0.969. The molecule has 0 aliphatic rings. The first-order valence-corrected chi connectivity index (χ1v) is 5.71. The van der Waals surface area contributed by atoms with Crippen LogP contribution >= 0.6 is 0 Å². The maximum atomic E-state index is 11.6. The topological polar surface area (TPSA) is 71.7 Å². The van der Waals surface area contributed by atoms with Crippen LogP contribution < -0.4 is 5.32 Å². The van der Waals surface area contributed by atoms with Crippen molar-refractivity contribution < 1.29 is 19.1 Å². The van der Waals surface area contributed by atoms with Crippen molar-refractivity contribution in [3.05, 3.63) is 23.7 Å². The summed E-state index contributed by atoms with van der Waals surface area (Å²) in [6, 6.07) is 3.44. The maximum absolute atomic E-state index is 11.6. The first-order valence-electron chi connectivity index (χ1n) is 5.71. The number of rotatable bonds is 7. The third-order valence-corrected chi connectivity index (χ3v) is 2.36. The van der Waals surface area contributed by atoms with Crippen molar-refractivity contribution in [3.63, 3.8) is 0 Å². The highest BCUT2D eigenvalue weighted by Gasteiger charge is 2.10. The van der Waals surface area contributed by atoms with Crippen LogP contribution in [0.15, 0.2) is 16.5 Å². The van der Waals surface area contributed by atoms with E-state index in [4.69, 9.17) is 9.15 Å². The number of hydrogen-bond acceptors (Lipinski definition) is 4. The third-order valence-electron chi connectivity index (χ3n) is 2.36. The Balaban J connectivity index is 2.29. The largest absolute Gasteiger partial charge is 0.456 e. The van der Waals surface area contributed by atoms with Gasteiger partial charge in [0.25, 0.3) is 5.91 Å². The van der Waals surface area contributed by atoms with E-state index in [9.17, 15) is 9.90 Å². The van der Waals surface area contributed by atoms with E-state index in [0.717, 1.165) is 12.2 Å². The first kappa shape index (κ1) is 13.7. The number of amides is 1. The molecule has 1 rings (SSSR count). The van der Waals surface area contributed by atoms with Crippen molar-refractivity contribution >= 4 is 5.91 Å². The van der Waals surface area contributed by atoms with Gasteiger partial charge in [-0.15, -0.1) is 0 Å². The van der Waals surface area contributed by atoms with Crippen LogP contribution in [-0.4, -0.2) is 37.4 Å². The van der Waals surface area contributed by atoms with E-state index in [1.165, 1.54) is 7.11 Å². The van der Waals surface area contributed by atoms with Gasteiger partial charge in [-0.05, 0) is 18.6 Å². The summed E-state index contributed by atoms with van der Waals surface area (Å²) in [5.41, 5.74) is 0. The number of furan rings is 1. The second-order valence-corrected chi connectivity index (χ2v) is 3.77. The lowest BCUT2D eigenvalue weighted by atomic mass is 10.2. The second-order valence-electron chi connectivity index (χ2n) is 3.77. The van der Waals surface area contributed by atoms with Crippen LogP contribution in [0.2, 0.25) is 0 Å². The lowest BCUT2D eigenvalue weighted by Crippen LogP contribution is -2.28. The Morgan fingerprint density at radius 1 is 1.59 bits per heavy atom. The molecule has 0 aliphatic heterocycles. The van der Waals surface area contributed by atoms with Gasteiger partial charge in [0.15, 0.2) is 5.76 Å². The zero-order chi connectivity index (χ0) is 12.7. The van der Waals surface area contributed by atoms with Gasteiger partial charge >= 0.3 is 0 Å². The molecular weight excluding hydrogens is 222 g/mol. The van der Waals surface area contributed by atoms with Gasteiger partial charge in [-0.1, -0.05) is 6.92 Å². The van der Waals surface area contributed by atoms with Crippen LogP contribution in [0.3, 0.4) is 0 Å². The van der Waals surface area contributed by atoms with E-state index in [1.807, 2.05) is 6.92 Å². The molecule has 0 bridgehead atoms. The summed E-state index contributed by atoms with van der Waals surface area (Å²) in [5.74, 6) is 0.840. The van der Waals surface area contributed by atoms with Gasteiger partial charge in [-0.2, -0.15) is 0 Å². The molecule has 0 fully saturated rings. The average molecular weight is 241 g/mol. The fourth-order valence-electron chi connectivity index (χ4n) is 1.41. The SMILES string of the molecule is CCc1ccc(C(=O)NCCC(O)COC)o1. The lowest BCUT2D eigenvalue weighted by molar-refractivity contribution is 0.0586. The third kappa shape index (κ3) is 4.58. The van der Waals surface area contributed by atoms with Gasteiger partial charge in [0.1, 0.15) is 5.76 Å². The molecule has 17 heavy (non-hydrogen) atoms. The number of carbonyl (C=O) groups is 1. The Labute approximate surface area is 101 Å². The molecule has 1 unspecified atom stereocenters. The number of aryl methyl sites for hydroxylation is 1. The lowest BCUT2D eigenvalue weighted by Gasteiger charge is -2.09. The van der Waals surface area contributed by atoms with Crippen molar-refractivity contribution in [2.75, 3.05) is 20.3 Å². The predicted molar refractivity (Wildman–Crippen MR) is 62.9 cm³/mol. The molecule has 1 atom stereocenters. The molecule has 2 N–H and O–H groups in total. The van der Waals surface area contributed by atoms with Crippen molar-refractivity contribution in [1.82, 2.24) is 5.32 Å². The zero-order valence-corrected chi connectivity index (χ0v) is 10.2. The molecule has 1 amide bonds. The Bertz CT molecular complexity index is 348. The minimum absolute atomic E-state index is 0.255. The first-order chi connectivity index (χ1) is 8.17. The molecule has 1 aromatic rings.